The molecule has 136 valence electrons. The van der Waals surface area contributed by atoms with Crippen LogP contribution in [0.1, 0.15) is 13.3 Å². The summed E-state index contributed by atoms with van der Waals surface area (Å²) in [6.07, 6.45) is 0.117. The van der Waals surface area contributed by atoms with Gasteiger partial charge in [-0.3, -0.25) is 9.59 Å². The summed E-state index contributed by atoms with van der Waals surface area (Å²) in [5.74, 6) is -0.270. The van der Waals surface area contributed by atoms with Gasteiger partial charge in [0.25, 0.3) is 0 Å². The van der Waals surface area contributed by atoms with Crippen LogP contribution in [0.15, 0.2) is 42.5 Å². The number of halogens is 2. The summed E-state index contributed by atoms with van der Waals surface area (Å²) >= 11 is 12.2. The van der Waals surface area contributed by atoms with Crippen molar-refractivity contribution in [2.75, 3.05) is 23.4 Å². The molecule has 1 heterocycles. The first-order valence-corrected chi connectivity index (χ1v) is 9.03. The number of carbonyl (C=O) groups is 2. The molecule has 1 aliphatic rings. The van der Waals surface area contributed by atoms with Gasteiger partial charge in [-0.05, 0) is 37.3 Å². The van der Waals surface area contributed by atoms with Gasteiger partial charge in [0.2, 0.25) is 11.8 Å². The standard InChI is InChI=1S/C19H18Cl2N2O3/c1-2-26-17-6-4-3-5-15(17)22-19(25)12-9-18(24)23(11-12)16-10-13(20)7-8-14(16)21/h3-8,10,12H,2,9,11H2,1H3,(H,22,25). The zero-order valence-corrected chi connectivity index (χ0v) is 15.7. The summed E-state index contributed by atoms with van der Waals surface area (Å²) in [7, 11) is 0. The van der Waals surface area contributed by atoms with Crippen LogP contribution < -0.4 is 15.0 Å². The second-order valence-corrected chi connectivity index (χ2v) is 6.76. The predicted octanol–water partition coefficient (Wildman–Crippen LogP) is 4.38. The zero-order chi connectivity index (χ0) is 18.7. The molecule has 7 heteroatoms. The van der Waals surface area contributed by atoms with Gasteiger partial charge in [-0.25, -0.2) is 0 Å². The molecule has 0 aromatic heterocycles. The van der Waals surface area contributed by atoms with Gasteiger partial charge in [-0.1, -0.05) is 35.3 Å². The molecule has 5 nitrogen and oxygen atoms in total. The second-order valence-electron chi connectivity index (χ2n) is 5.92. The lowest BCUT2D eigenvalue weighted by molar-refractivity contribution is -0.122. The first-order valence-electron chi connectivity index (χ1n) is 8.27. The number of amides is 2. The SMILES string of the molecule is CCOc1ccccc1NC(=O)C1CC(=O)N(c2cc(Cl)ccc2Cl)C1. The normalized spacial score (nSPS) is 16.7. The van der Waals surface area contributed by atoms with Gasteiger partial charge >= 0.3 is 0 Å². The van der Waals surface area contributed by atoms with Gasteiger partial charge in [-0.2, -0.15) is 0 Å². The third-order valence-electron chi connectivity index (χ3n) is 4.14. The number of hydrogen-bond acceptors (Lipinski definition) is 3. The summed E-state index contributed by atoms with van der Waals surface area (Å²) in [5, 5.41) is 3.76. The van der Waals surface area contributed by atoms with Crippen LogP contribution >= 0.6 is 23.2 Å². The number of para-hydroxylation sites is 2. The lowest BCUT2D eigenvalue weighted by atomic mass is 10.1. The molecule has 1 unspecified atom stereocenters. The quantitative estimate of drug-likeness (QED) is 0.820. The van der Waals surface area contributed by atoms with Crippen LogP contribution in [0, 0.1) is 5.92 Å². The molecule has 1 fully saturated rings. The van der Waals surface area contributed by atoms with Crippen LogP contribution in [0.25, 0.3) is 0 Å². The van der Waals surface area contributed by atoms with Crippen molar-refractivity contribution >= 4 is 46.4 Å². The Hall–Kier alpha value is -2.24. The Bertz CT molecular complexity index is 841. The molecule has 2 aromatic rings. The number of ether oxygens (including phenoxy) is 1. The van der Waals surface area contributed by atoms with E-state index < -0.39 is 5.92 Å². The van der Waals surface area contributed by atoms with Crippen LogP contribution in [0.2, 0.25) is 10.0 Å². The van der Waals surface area contributed by atoms with Crippen LogP contribution in [0.4, 0.5) is 11.4 Å². The monoisotopic (exact) mass is 392 g/mol. The average Bonchev–Trinajstić information content (AvgIpc) is 3.01. The Morgan fingerprint density at radius 3 is 2.81 bits per heavy atom. The minimum absolute atomic E-state index is 0.117. The lowest BCUT2D eigenvalue weighted by Crippen LogP contribution is -2.28. The van der Waals surface area contributed by atoms with Gasteiger partial charge in [0, 0.05) is 18.0 Å². The zero-order valence-electron chi connectivity index (χ0n) is 14.2. The third kappa shape index (κ3) is 3.94. The van der Waals surface area contributed by atoms with E-state index in [9.17, 15) is 9.59 Å². The van der Waals surface area contributed by atoms with Crippen molar-refractivity contribution in [3.63, 3.8) is 0 Å². The molecule has 1 aliphatic heterocycles. The Kier molecular flexibility index (Phi) is 5.69. The van der Waals surface area contributed by atoms with Crippen molar-refractivity contribution in [1.82, 2.24) is 0 Å². The fraction of sp³-hybridized carbons (Fsp3) is 0.263. The fourth-order valence-corrected chi connectivity index (χ4v) is 3.28. The summed E-state index contributed by atoms with van der Waals surface area (Å²) in [4.78, 5) is 26.5. The highest BCUT2D eigenvalue weighted by Gasteiger charge is 2.36. The average molecular weight is 393 g/mol. The first-order chi connectivity index (χ1) is 12.5. The lowest BCUT2D eigenvalue weighted by Gasteiger charge is -2.18. The van der Waals surface area contributed by atoms with Crippen molar-refractivity contribution in [3.8, 4) is 5.75 Å². The Morgan fingerprint density at radius 1 is 1.27 bits per heavy atom. The van der Waals surface area contributed by atoms with E-state index in [2.05, 4.69) is 5.32 Å². The molecule has 1 N–H and O–H groups in total. The molecule has 1 atom stereocenters. The second kappa shape index (κ2) is 7.98. The number of anilines is 2. The predicted molar refractivity (Wildman–Crippen MR) is 103 cm³/mol. The molecular weight excluding hydrogens is 375 g/mol. The highest BCUT2D eigenvalue weighted by Crippen LogP contribution is 2.34. The molecule has 1 saturated heterocycles. The third-order valence-corrected chi connectivity index (χ3v) is 4.69. The van der Waals surface area contributed by atoms with E-state index >= 15 is 0 Å². The van der Waals surface area contributed by atoms with Gasteiger partial charge in [0.05, 0.1) is 28.9 Å². The highest BCUT2D eigenvalue weighted by molar-refractivity contribution is 6.36. The number of nitrogens with one attached hydrogen (secondary N) is 1. The van der Waals surface area contributed by atoms with Crippen LogP contribution in [0.3, 0.4) is 0 Å². The van der Waals surface area contributed by atoms with Gasteiger partial charge < -0.3 is 15.0 Å². The van der Waals surface area contributed by atoms with Gasteiger partial charge in [0.15, 0.2) is 0 Å². The molecule has 2 amide bonds. The van der Waals surface area contributed by atoms with Crippen molar-refractivity contribution in [2.45, 2.75) is 13.3 Å². The molecule has 0 spiro atoms. The topological polar surface area (TPSA) is 58.6 Å². The molecular formula is C19H18Cl2N2O3. The summed E-state index contributed by atoms with van der Waals surface area (Å²) in [5.41, 5.74) is 1.11. The van der Waals surface area contributed by atoms with Gasteiger partial charge in [-0.15, -0.1) is 0 Å². The van der Waals surface area contributed by atoms with Crippen molar-refractivity contribution in [1.29, 1.82) is 0 Å². The van der Waals surface area contributed by atoms with E-state index in [1.807, 2.05) is 19.1 Å². The Morgan fingerprint density at radius 2 is 2.04 bits per heavy atom. The van der Waals surface area contributed by atoms with Crippen LogP contribution in [0.5, 0.6) is 5.75 Å². The smallest absolute Gasteiger partial charge is 0.229 e. The number of carbonyl (C=O) groups excluding carboxylic acids is 2. The van der Waals surface area contributed by atoms with Crippen molar-refractivity contribution < 1.29 is 14.3 Å². The van der Waals surface area contributed by atoms with E-state index in [-0.39, 0.29) is 24.8 Å². The molecule has 0 radical (unpaired) electrons. The van der Waals surface area contributed by atoms with Crippen LogP contribution in [-0.2, 0) is 9.59 Å². The first kappa shape index (κ1) is 18.5. The number of nitrogens with zero attached hydrogens (tertiary/aromatic N) is 1. The molecule has 3 rings (SSSR count). The molecule has 26 heavy (non-hydrogen) atoms. The molecule has 0 aliphatic carbocycles. The van der Waals surface area contributed by atoms with Crippen molar-refractivity contribution in [2.24, 2.45) is 5.92 Å². The fourth-order valence-electron chi connectivity index (χ4n) is 2.89. The summed E-state index contributed by atoms with van der Waals surface area (Å²) in [6, 6.07) is 12.1. The maximum absolute atomic E-state index is 12.6. The number of rotatable bonds is 5. The minimum atomic E-state index is -0.479. The number of benzene rings is 2. The molecule has 0 bridgehead atoms. The van der Waals surface area contributed by atoms with Crippen molar-refractivity contribution in [3.05, 3.63) is 52.5 Å². The summed E-state index contributed by atoms with van der Waals surface area (Å²) in [6.45, 7) is 2.62. The Balaban J connectivity index is 1.74. The molecule has 2 aromatic carbocycles. The van der Waals surface area contributed by atoms with Crippen LogP contribution in [-0.4, -0.2) is 25.0 Å². The summed E-state index contributed by atoms with van der Waals surface area (Å²) < 4.78 is 5.52. The van der Waals surface area contributed by atoms with E-state index in [0.29, 0.717) is 33.8 Å². The van der Waals surface area contributed by atoms with Gasteiger partial charge in [0.1, 0.15) is 5.75 Å². The number of hydrogen-bond donors (Lipinski definition) is 1. The maximum Gasteiger partial charge on any atom is 0.229 e. The van der Waals surface area contributed by atoms with E-state index in [0.717, 1.165) is 0 Å². The highest BCUT2D eigenvalue weighted by atomic mass is 35.5. The van der Waals surface area contributed by atoms with E-state index in [1.54, 1.807) is 30.3 Å². The van der Waals surface area contributed by atoms with E-state index in [1.165, 1.54) is 4.90 Å². The largest absolute Gasteiger partial charge is 0.492 e. The Labute approximate surface area is 161 Å². The molecule has 0 saturated carbocycles. The minimum Gasteiger partial charge on any atom is -0.492 e. The van der Waals surface area contributed by atoms with E-state index in [4.69, 9.17) is 27.9 Å². The maximum atomic E-state index is 12.6.